The van der Waals surface area contributed by atoms with Crippen molar-refractivity contribution in [2.24, 2.45) is 10.9 Å². The van der Waals surface area contributed by atoms with Gasteiger partial charge in [-0.05, 0) is 87.7 Å². The molecular formula is C32H49N5S. The summed E-state index contributed by atoms with van der Waals surface area (Å²) in [5.41, 5.74) is 2.58. The number of aryl methyl sites for hydroxylation is 1. The van der Waals surface area contributed by atoms with Crippen LogP contribution in [0.5, 0.6) is 0 Å². The molecule has 1 aliphatic heterocycles. The van der Waals surface area contributed by atoms with Gasteiger partial charge in [0.2, 0.25) is 5.96 Å². The van der Waals surface area contributed by atoms with Gasteiger partial charge < -0.3 is 10.6 Å². The molecule has 0 aliphatic carbocycles. The minimum Gasteiger partial charge on any atom is -0.352 e. The van der Waals surface area contributed by atoms with Crippen molar-refractivity contribution in [2.75, 3.05) is 18.4 Å². The molecule has 6 heteroatoms. The van der Waals surface area contributed by atoms with E-state index in [9.17, 15) is 5.26 Å². The zero-order chi connectivity index (χ0) is 27.6. The third kappa shape index (κ3) is 11.8. The van der Waals surface area contributed by atoms with E-state index in [4.69, 9.17) is 17.2 Å². The Kier molecular flexibility index (Phi) is 15.4. The topological polar surface area (TPSA) is 63.5 Å². The van der Waals surface area contributed by atoms with E-state index in [0.717, 1.165) is 49.6 Å². The predicted octanol–water partition coefficient (Wildman–Crippen LogP) is 8.14. The number of nitriles is 1. The maximum absolute atomic E-state index is 9.43. The minimum absolute atomic E-state index is 0.281. The second-order valence-electron chi connectivity index (χ2n) is 10.5. The number of nitrogens with zero attached hydrogens (tertiary/aromatic N) is 3. The van der Waals surface area contributed by atoms with E-state index in [2.05, 4.69) is 68.7 Å². The summed E-state index contributed by atoms with van der Waals surface area (Å²) in [6, 6.07) is 8.42. The number of rotatable bonds is 16. The highest BCUT2D eigenvalue weighted by Crippen LogP contribution is 2.18. The Balaban J connectivity index is 1.70. The van der Waals surface area contributed by atoms with Crippen molar-refractivity contribution in [3.8, 4) is 6.07 Å². The molecule has 0 spiro atoms. The Morgan fingerprint density at radius 2 is 1.89 bits per heavy atom. The molecule has 1 fully saturated rings. The smallest absolute Gasteiger partial charge is 0.200 e. The van der Waals surface area contributed by atoms with Crippen LogP contribution in [-0.2, 0) is 6.42 Å². The number of thiocarbonyl (C=S) groups is 1. The van der Waals surface area contributed by atoms with Gasteiger partial charge in [-0.3, -0.25) is 9.89 Å². The molecule has 1 saturated heterocycles. The maximum atomic E-state index is 9.43. The molecule has 5 nitrogen and oxygen atoms in total. The Morgan fingerprint density at radius 1 is 1.16 bits per heavy atom. The number of unbranched alkanes of at least 4 members (excludes halogenated alkanes) is 6. The standard InChI is InChI=1S/C32H49N5S/c1-5-7-8-9-10-11-12-13-14-15-16-17-18-19-26(3)24-34-31-35-27(4)25-37(31)32(38)36-30-21-20-28(6-2)29(22-30)23-33/h11-12,14-15,20-22,26-27H,5-10,13,16-19,24-25H2,1-4H3,(H,34,35)(H,36,38). The van der Waals surface area contributed by atoms with Gasteiger partial charge in [0, 0.05) is 24.8 Å². The van der Waals surface area contributed by atoms with E-state index in [1.807, 2.05) is 23.1 Å². The molecule has 2 N–H and O–H groups in total. The molecule has 0 saturated carbocycles. The van der Waals surface area contributed by atoms with Gasteiger partial charge in [0.1, 0.15) is 0 Å². The summed E-state index contributed by atoms with van der Waals surface area (Å²) in [6.07, 6.45) is 22.5. The second-order valence-corrected chi connectivity index (χ2v) is 10.9. The first-order valence-corrected chi connectivity index (χ1v) is 15.1. The zero-order valence-electron chi connectivity index (χ0n) is 24.1. The molecule has 0 aromatic heterocycles. The summed E-state index contributed by atoms with van der Waals surface area (Å²) in [5, 5.41) is 16.8. The molecule has 2 unspecified atom stereocenters. The maximum Gasteiger partial charge on any atom is 0.200 e. The van der Waals surface area contributed by atoms with Crippen LogP contribution in [0.2, 0.25) is 0 Å². The highest BCUT2D eigenvalue weighted by molar-refractivity contribution is 7.80. The molecule has 1 aromatic carbocycles. The van der Waals surface area contributed by atoms with Crippen molar-refractivity contribution in [3.63, 3.8) is 0 Å². The first kappa shape index (κ1) is 31.6. The van der Waals surface area contributed by atoms with Crippen molar-refractivity contribution in [3.05, 3.63) is 53.6 Å². The summed E-state index contributed by atoms with van der Waals surface area (Å²) in [5.74, 6) is 1.37. The largest absolute Gasteiger partial charge is 0.352 e. The molecule has 2 rings (SSSR count). The summed E-state index contributed by atoms with van der Waals surface area (Å²) >= 11 is 5.71. The van der Waals surface area contributed by atoms with Crippen LogP contribution >= 0.6 is 12.2 Å². The van der Waals surface area contributed by atoms with Crippen molar-refractivity contribution in [1.29, 1.82) is 5.26 Å². The summed E-state index contributed by atoms with van der Waals surface area (Å²) in [4.78, 5) is 6.93. The monoisotopic (exact) mass is 535 g/mol. The number of guanidine groups is 1. The second kappa shape index (κ2) is 18.6. The lowest BCUT2D eigenvalue weighted by molar-refractivity contribution is 0.507. The van der Waals surface area contributed by atoms with Crippen molar-refractivity contribution in [1.82, 2.24) is 10.2 Å². The number of allylic oxidation sites excluding steroid dienone is 4. The normalized spacial score (nSPS) is 17.3. The molecule has 0 radical (unpaired) electrons. The van der Waals surface area contributed by atoms with E-state index in [1.165, 1.54) is 51.4 Å². The number of nitrogens with one attached hydrogen (secondary N) is 2. The summed E-state index contributed by atoms with van der Waals surface area (Å²) in [6.45, 7) is 10.3. The van der Waals surface area contributed by atoms with E-state index in [-0.39, 0.29) is 6.04 Å². The molecule has 2 atom stereocenters. The third-order valence-corrected chi connectivity index (χ3v) is 7.22. The van der Waals surface area contributed by atoms with Crippen LogP contribution in [0, 0.1) is 17.2 Å². The SMILES string of the molecule is CCCCCCC=CCC=CCCCCC(C)CN=C1NC(C)CN1C(=S)Nc1ccc(CC)c(C#N)c1. The molecule has 1 aromatic rings. The number of aliphatic imine (C=N–C) groups is 1. The fraction of sp³-hybridized carbons (Fsp3) is 0.594. The Morgan fingerprint density at radius 3 is 2.58 bits per heavy atom. The van der Waals surface area contributed by atoms with E-state index in [1.54, 1.807) is 0 Å². The zero-order valence-corrected chi connectivity index (χ0v) is 25.0. The van der Waals surface area contributed by atoms with Gasteiger partial charge in [0.15, 0.2) is 5.11 Å². The van der Waals surface area contributed by atoms with E-state index >= 15 is 0 Å². The quantitative estimate of drug-likeness (QED) is 0.127. The summed E-state index contributed by atoms with van der Waals surface area (Å²) in [7, 11) is 0. The van der Waals surface area contributed by atoms with Gasteiger partial charge in [0.25, 0.3) is 0 Å². The highest BCUT2D eigenvalue weighted by Gasteiger charge is 2.27. The van der Waals surface area contributed by atoms with Gasteiger partial charge in [0.05, 0.1) is 11.6 Å². The average Bonchev–Trinajstić information content (AvgIpc) is 3.30. The molecule has 1 aliphatic rings. The number of hydrogen-bond acceptors (Lipinski definition) is 3. The Hall–Kier alpha value is -2.65. The lowest BCUT2D eigenvalue weighted by atomic mass is 10.0. The molecular weight excluding hydrogens is 486 g/mol. The molecule has 1 heterocycles. The third-order valence-electron chi connectivity index (χ3n) is 6.90. The summed E-state index contributed by atoms with van der Waals surface area (Å²) < 4.78 is 0. The first-order valence-electron chi connectivity index (χ1n) is 14.7. The number of benzene rings is 1. The molecule has 0 bridgehead atoms. The molecule has 208 valence electrons. The van der Waals surface area contributed by atoms with E-state index in [0.29, 0.717) is 16.6 Å². The Labute approximate surface area is 237 Å². The highest BCUT2D eigenvalue weighted by atomic mass is 32.1. The van der Waals surface area contributed by atoms with Crippen molar-refractivity contribution < 1.29 is 0 Å². The van der Waals surface area contributed by atoms with Crippen LogP contribution in [0.15, 0.2) is 47.5 Å². The average molecular weight is 536 g/mol. The Bertz CT molecular complexity index is 975. The first-order chi connectivity index (χ1) is 18.5. The molecule has 38 heavy (non-hydrogen) atoms. The van der Waals surface area contributed by atoms with Gasteiger partial charge in [-0.15, -0.1) is 0 Å². The van der Waals surface area contributed by atoms with Crippen LogP contribution in [0.1, 0.15) is 103 Å². The van der Waals surface area contributed by atoms with Gasteiger partial charge in [-0.25, -0.2) is 0 Å². The molecule has 0 amide bonds. The lowest BCUT2D eigenvalue weighted by Crippen LogP contribution is -2.38. The van der Waals surface area contributed by atoms with Crippen molar-refractivity contribution in [2.45, 2.75) is 104 Å². The van der Waals surface area contributed by atoms with Crippen LogP contribution in [0.3, 0.4) is 0 Å². The van der Waals surface area contributed by atoms with Crippen molar-refractivity contribution >= 4 is 29.0 Å². The lowest BCUT2D eigenvalue weighted by Gasteiger charge is -2.20. The van der Waals surface area contributed by atoms with Crippen LogP contribution in [0.4, 0.5) is 5.69 Å². The number of hydrogen-bond donors (Lipinski definition) is 2. The van der Waals surface area contributed by atoms with Gasteiger partial charge >= 0.3 is 0 Å². The fourth-order valence-electron chi connectivity index (χ4n) is 4.56. The fourth-order valence-corrected chi connectivity index (χ4v) is 4.84. The van der Waals surface area contributed by atoms with Crippen LogP contribution < -0.4 is 10.6 Å². The predicted molar refractivity (Wildman–Crippen MR) is 168 cm³/mol. The minimum atomic E-state index is 0.281. The van der Waals surface area contributed by atoms with Crippen LogP contribution in [0.25, 0.3) is 0 Å². The van der Waals surface area contributed by atoms with E-state index < -0.39 is 0 Å². The van der Waals surface area contributed by atoms with Gasteiger partial charge in [-0.2, -0.15) is 5.26 Å². The van der Waals surface area contributed by atoms with Gasteiger partial charge in [-0.1, -0.05) is 76.8 Å². The van der Waals surface area contributed by atoms with Crippen LogP contribution in [-0.4, -0.2) is 35.1 Å². The number of anilines is 1.